The van der Waals surface area contributed by atoms with Crippen molar-refractivity contribution in [1.82, 2.24) is 9.97 Å². The van der Waals surface area contributed by atoms with Crippen molar-refractivity contribution in [2.75, 3.05) is 29.9 Å². The van der Waals surface area contributed by atoms with Gasteiger partial charge in [-0.25, -0.2) is 4.98 Å². The van der Waals surface area contributed by atoms with Gasteiger partial charge in [0, 0.05) is 30.2 Å². The summed E-state index contributed by atoms with van der Waals surface area (Å²) in [5, 5.41) is 0.905. The van der Waals surface area contributed by atoms with E-state index in [-0.39, 0.29) is 0 Å². The molecule has 0 N–H and O–H groups in total. The molecule has 0 bridgehead atoms. The topological polar surface area (TPSA) is 38.2 Å². The summed E-state index contributed by atoms with van der Waals surface area (Å²) < 4.78 is 5.41. The van der Waals surface area contributed by atoms with E-state index in [1.807, 2.05) is 19.9 Å². The summed E-state index contributed by atoms with van der Waals surface area (Å²) in [5.74, 6) is 1.39. The van der Waals surface area contributed by atoms with Gasteiger partial charge in [0.05, 0.1) is 6.61 Å². The zero-order valence-electron chi connectivity index (χ0n) is 10.0. The summed E-state index contributed by atoms with van der Waals surface area (Å²) in [6, 6.07) is 1.86. The zero-order valence-corrected chi connectivity index (χ0v) is 11.6. The van der Waals surface area contributed by atoms with Gasteiger partial charge in [-0.1, -0.05) is 15.9 Å². The smallest absolute Gasteiger partial charge is 0.228 e. The van der Waals surface area contributed by atoms with Crippen molar-refractivity contribution in [3.8, 4) is 5.88 Å². The Bertz CT molecular complexity index is 333. The summed E-state index contributed by atoms with van der Waals surface area (Å²) in [7, 11) is 0. The van der Waals surface area contributed by atoms with Gasteiger partial charge in [-0.2, -0.15) is 4.98 Å². The molecule has 1 aromatic heterocycles. The Morgan fingerprint density at radius 2 is 2.12 bits per heavy atom. The number of halogens is 1. The maximum absolute atomic E-state index is 5.41. The van der Waals surface area contributed by atoms with Crippen molar-refractivity contribution in [2.45, 2.75) is 20.8 Å². The van der Waals surface area contributed by atoms with E-state index in [0.29, 0.717) is 12.5 Å². The second kappa shape index (κ2) is 6.68. The molecule has 1 aromatic rings. The normalized spacial score (nSPS) is 10.2. The summed E-state index contributed by atoms with van der Waals surface area (Å²) >= 11 is 3.43. The number of hydrogen-bond donors (Lipinski definition) is 0. The molecular weight excluding hydrogens is 270 g/mol. The maximum Gasteiger partial charge on any atom is 0.228 e. The summed E-state index contributed by atoms with van der Waals surface area (Å²) in [5.41, 5.74) is 0.932. The highest BCUT2D eigenvalue weighted by Crippen LogP contribution is 2.15. The highest BCUT2D eigenvalue weighted by molar-refractivity contribution is 9.09. The first kappa shape index (κ1) is 13.2. The van der Waals surface area contributed by atoms with Gasteiger partial charge in [0.1, 0.15) is 0 Å². The third-order valence-electron chi connectivity index (χ3n) is 2.13. The predicted molar refractivity (Wildman–Crippen MR) is 69.6 cm³/mol. The lowest BCUT2D eigenvalue weighted by Crippen LogP contribution is -2.27. The molecule has 4 nitrogen and oxygen atoms in total. The van der Waals surface area contributed by atoms with Gasteiger partial charge in [-0.3, -0.25) is 0 Å². The van der Waals surface area contributed by atoms with Crippen LogP contribution in [0.5, 0.6) is 5.88 Å². The molecule has 1 rings (SSSR count). The Hall–Kier alpha value is -0.840. The van der Waals surface area contributed by atoms with Crippen LogP contribution in [0.3, 0.4) is 0 Å². The molecule has 0 aliphatic rings. The number of aromatic nitrogens is 2. The lowest BCUT2D eigenvalue weighted by Gasteiger charge is -2.20. The van der Waals surface area contributed by atoms with Crippen LogP contribution in [-0.2, 0) is 0 Å². The SMILES string of the molecule is CCOc1cc(C)nc(N(CC)CCBr)n1. The van der Waals surface area contributed by atoms with Gasteiger partial charge in [0.15, 0.2) is 0 Å². The average Bonchev–Trinajstić information content (AvgIpc) is 2.25. The number of hydrogen-bond acceptors (Lipinski definition) is 4. The van der Waals surface area contributed by atoms with Crippen LogP contribution in [0, 0.1) is 6.92 Å². The molecule has 0 amide bonds. The predicted octanol–water partition coefficient (Wildman–Crippen LogP) is 2.40. The monoisotopic (exact) mass is 287 g/mol. The van der Waals surface area contributed by atoms with Crippen LogP contribution in [0.15, 0.2) is 6.07 Å². The van der Waals surface area contributed by atoms with Crippen molar-refractivity contribution in [1.29, 1.82) is 0 Å². The molecule has 0 atom stereocenters. The first-order valence-electron chi connectivity index (χ1n) is 5.50. The molecular formula is C11H18BrN3O. The average molecular weight is 288 g/mol. The molecule has 0 aliphatic carbocycles. The Kier molecular flexibility index (Phi) is 5.52. The van der Waals surface area contributed by atoms with Gasteiger partial charge in [0.25, 0.3) is 0 Å². The molecule has 0 fully saturated rings. The van der Waals surface area contributed by atoms with E-state index in [2.05, 4.69) is 37.7 Å². The molecule has 0 saturated carbocycles. The Morgan fingerprint density at radius 3 is 2.69 bits per heavy atom. The van der Waals surface area contributed by atoms with E-state index < -0.39 is 0 Å². The third-order valence-corrected chi connectivity index (χ3v) is 2.48. The molecule has 0 radical (unpaired) electrons. The molecule has 0 aliphatic heterocycles. The molecule has 5 heteroatoms. The van der Waals surface area contributed by atoms with Crippen LogP contribution in [0.2, 0.25) is 0 Å². The van der Waals surface area contributed by atoms with Gasteiger partial charge in [-0.15, -0.1) is 0 Å². The first-order valence-corrected chi connectivity index (χ1v) is 6.62. The highest BCUT2D eigenvalue weighted by atomic mass is 79.9. The molecule has 0 saturated heterocycles. The van der Waals surface area contributed by atoms with Crippen LogP contribution < -0.4 is 9.64 Å². The fraction of sp³-hybridized carbons (Fsp3) is 0.636. The minimum atomic E-state index is 0.625. The molecule has 1 heterocycles. The van der Waals surface area contributed by atoms with Crippen LogP contribution in [0.1, 0.15) is 19.5 Å². The second-order valence-electron chi connectivity index (χ2n) is 3.35. The first-order chi connectivity index (χ1) is 7.71. The van der Waals surface area contributed by atoms with Gasteiger partial charge in [-0.05, 0) is 20.8 Å². The van der Waals surface area contributed by atoms with Gasteiger partial charge >= 0.3 is 0 Å². The van der Waals surface area contributed by atoms with Crippen molar-refractivity contribution in [2.24, 2.45) is 0 Å². The lowest BCUT2D eigenvalue weighted by molar-refractivity contribution is 0.326. The summed E-state index contributed by atoms with van der Waals surface area (Å²) in [6.07, 6.45) is 0. The van der Waals surface area contributed by atoms with Crippen molar-refractivity contribution < 1.29 is 4.74 Å². The van der Waals surface area contributed by atoms with Crippen molar-refractivity contribution in [3.05, 3.63) is 11.8 Å². The maximum atomic E-state index is 5.41. The molecule has 16 heavy (non-hydrogen) atoms. The van der Waals surface area contributed by atoms with E-state index >= 15 is 0 Å². The number of nitrogens with zero attached hydrogens (tertiary/aromatic N) is 3. The van der Waals surface area contributed by atoms with Crippen LogP contribution in [0.4, 0.5) is 5.95 Å². The number of alkyl halides is 1. The van der Waals surface area contributed by atoms with E-state index in [0.717, 1.165) is 30.1 Å². The standard InChI is InChI=1S/C11H18BrN3O/c1-4-15(7-6-12)11-13-9(3)8-10(14-11)16-5-2/h8H,4-7H2,1-3H3. The molecule has 0 spiro atoms. The Balaban J connectivity index is 2.92. The largest absolute Gasteiger partial charge is 0.478 e. The van der Waals surface area contributed by atoms with E-state index in [4.69, 9.17) is 4.74 Å². The van der Waals surface area contributed by atoms with Crippen molar-refractivity contribution >= 4 is 21.9 Å². The summed E-state index contributed by atoms with van der Waals surface area (Å²) in [6.45, 7) is 8.41. The number of ether oxygens (including phenoxy) is 1. The summed E-state index contributed by atoms with van der Waals surface area (Å²) in [4.78, 5) is 10.9. The van der Waals surface area contributed by atoms with E-state index in [1.165, 1.54) is 0 Å². The van der Waals surface area contributed by atoms with E-state index in [9.17, 15) is 0 Å². The lowest BCUT2D eigenvalue weighted by atomic mass is 10.4. The fourth-order valence-corrected chi connectivity index (χ4v) is 1.82. The van der Waals surface area contributed by atoms with Crippen molar-refractivity contribution in [3.63, 3.8) is 0 Å². The highest BCUT2D eigenvalue weighted by Gasteiger charge is 2.09. The van der Waals surface area contributed by atoms with Gasteiger partial charge < -0.3 is 9.64 Å². The number of anilines is 1. The minimum Gasteiger partial charge on any atom is -0.478 e. The quantitative estimate of drug-likeness (QED) is 0.753. The van der Waals surface area contributed by atoms with E-state index in [1.54, 1.807) is 0 Å². The number of rotatable bonds is 6. The number of aryl methyl sites for hydroxylation is 1. The van der Waals surface area contributed by atoms with Crippen LogP contribution in [0.25, 0.3) is 0 Å². The molecule has 0 unspecified atom stereocenters. The zero-order chi connectivity index (χ0) is 12.0. The van der Waals surface area contributed by atoms with Crippen LogP contribution >= 0.6 is 15.9 Å². The second-order valence-corrected chi connectivity index (χ2v) is 4.14. The molecule has 0 aromatic carbocycles. The minimum absolute atomic E-state index is 0.625. The fourth-order valence-electron chi connectivity index (χ4n) is 1.39. The van der Waals surface area contributed by atoms with Crippen LogP contribution in [-0.4, -0.2) is 35.0 Å². The van der Waals surface area contributed by atoms with Gasteiger partial charge in [0.2, 0.25) is 11.8 Å². The Labute approximate surface area is 105 Å². The molecule has 90 valence electrons. The third kappa shape index (κ3) is 3.63. The Morgan fingerprint density at radius 1 is 1.38 bits per heavy atom.